The first-order valence-electron chi connectivity index (χ1n) is 7.49. The van der Waals surface area contributed by atoms with Gasteiger partial charge in [-0.05, 0) is 56.4 Å². The van der Waals surface area contributed by atoms with Gasteiger partial charge in [0, 0.05) is 6.04 Å². The summed E-state index contributed by atoms with van der Waals surface area (Å²) < 4.78 is 0. The largest absolute Gasteiger partial charge is 0.314 e. The standard InChI is InChI=1S/C15H29N/c1-12(2)14-7-4-8-15(10-9-14)16-11-13-5-3-6-13/h12-16H,3-11H2,1-2H3. The molecule has 1 heteroatoms. The summed E-state index contributed by atoms with van der Waals surface area (Å²) >= 11 is 0. The van der Waals surface area contributed by atoms with E-state index >= 15 is 0 Å². The van der Waals surface area contributed by atoms with Crippen LogP contribution in [-0.4, -0.2) is 12.6 Å². The zero-order valence-electron chi connectivity index (χ0n) is 11.2. The first-order valence-corrected chi connectivity index (χ1v) is 7.49. The van der Waals surface area contributed by atoms with Crippen LogP contribution in [0.2, 0.25) is 0 Å². The third-order valence-corrected chi connectivity index (χ3v) is 4.88. The van der Waals surface area contributed by atoms with Crippen LogP contribution in [0.4, 0.5) is 0 Å². The maximum Gasteiger partial charge on any atom is 0.00672 e. The van der Waals surface area contributed by atoms with Gasteiger partial charge in [-0.15, -0.1) is 0 Å². The van der Waals surface area contributed by atoms with Gasteiger partial charge in [-0.1, -0.05) is 33.1 Å². The summed E-state index contributed by atoms with van der Waals surface area (Å²) in [5, 5.41) is 3.82. The summed E-state index contributed by atoms with van der Waals surface area (Å²) in [6.45, 7) is 6.09. The maximum atomic E-state index is 3.82. The van der Waals surface area contributed by atoms with Crippen LogP contribution < -0.4 is 5.32 Å². The van der Waals surface area contributed by atoms with Gasteiger partial charge in [0.05, 0.1) is 0 Å². The zero-order valence-corrected chi connectivity index (χ0v) is 11.2. The van der Waals surface area contributed by atoms with E-state index < -0.39 is 0 Å². The van der Waals surface area contributed by atoms with E-state index in [-0.39, 0.29) is 0 Å². The molecule has 16 heavy (non-hydrogen) atoms. The number of hydrogen-bond donors (Lipinski definition) is 1. The SMILES string of the molecule is CC(C)C1CCCC(NCC2CCC2)CC1. The molecule has 1 nitrogen and oxygen atoms in total. The minimum atomic E-state index is 0.837. The fraction of sp³-hybridized carbons (Fsp3) is 1.00. The van der Waals surface area contributed by atoms with Crippen molar-refractivity contribution in [3.63, 3.8) is 0 Å². The van der Waals surface area contributed by atoms with Crippen molar-refractivity contribution in [2.24, 2.45) is 17.8 Å². The van der Waals surface area contributed by atoms with Crippen LogP contribution in [-0.2, 0) is 0 Å². The quantitative estimate of drug-likeness (QED) is 0.711. The van der Waals surface area contributed by atoms with Gasteiger partial charge in [-0.3, -0.25) is 0 Å². The lowest BCUT2D eigenvalue weighted by Crippen LogP contribution is -2.35. The van der Waals surface area contributed by atoms with Crippen molar-refractivity contribution < 1.29 is 0 Å². The van der Waals surface area contributed by atoms with Crippen molar-refractivity contribution in [2.45, 2.75) is 71.3 Å². The molecule has 2 rings (SSSR count). The molecule has 1 N–H and O–H groups in total. The Labute approximate surface area is 101 Å². The van der Waals surface area contributed by atoms with Gasteiger partial charge >= 0.3 is 0 Å². The molecule has 2 saturated carbocycles. The Morgan fingerprint density at radius 2 is 1.69 bits per heavy atom. The Morgan fingerprint density at radius 1 is 0.938 bits per heavy atom. The van der Waals surface area contributed by atoms with Crippen molar-refractivity contribution in [3.8, 4) is 0 Å². The molecule has 0 radical (unpaired) electrons. The van der Waals surface area contributed by atoms with Gasteiger partial charge in [-0.2, -0.15) is 0 Å². The fourth-order valence-electron chi connectivity index (χ4n) is 3.23. The van der Waals surface area contributed by atoms with E-state index in [0.717, 1.165) is 23.8 Å². The van der Waals surface area contributed by atoms with Crippen LogP contribution in [0.1, 0.15) is 65.2 Å². The first-order chi connectivity index (χ1) is 7.75. The molecule has 0 bridgehead atoms. The fourth-order valence-corrected chi connectivity index (χ4v) is 3.23. The van der Waals surface area contributed by atoms with Gasteiger partial charge < -0.3 is 5.32 Å². The highest BCUT2D eigenvalue weighted by Gasteiger charge is 2.22. The molecule has 2 aliphatic rings. The Bertz CT molecular complexity index is 196. The highest BCUT2D eigenvalue weighted by atomic mass is 14.9. The number of nitrogens with one attached hydrogen (secondary N) is 1. The Morgan fingerprint density at radius 3 is 2.31 bits per heavy atom. The average Bonchev–Trinajstić information content (AvgIpc) is 2.41. The van der Waals surface area contributed by atoms with Gasteiger partial charge in [0.15, 0.2) is 0 Å². The molecular weight excluding hydrogens is 194 g/mol. The van der Waals surface area contributed by atoms with Crippen LogP contribution in [0, 0.1) is 17.8 Å². The second-order valence-electron chi connectivity index (χ2n) is 6.41. The summed E-state index contributed by atoms with van der Waals surface area (Å²) in [6, 6.07) is 0.837. The number of rotatable bonds is 4. The highest BCUT2D eigenvalue weighted by Crippen LogP contribution is 2.30. The molecule has 0 aromatic rings. The van der Waals surface area contributed by atoms with Crippen molar-refractivity contribution in [3.05, 3.63) is 0 Å². The molecule has 0 spiro atoms. The van der Waals surface area contributed by atoms with Gasteiger partial charge in [0.1, 0.15) is 0 Å². The number of hydrogen-bond acceptors (Lipinski definition) is 1. The Hall–Kier alpha value is -0.0400. The maximum absolute atomic E-state index is 3.82. The molecule has 0 aromatic carbocycles. The second-order valence-corrected chi connectivity index (χ2v) is 6.41. The third-order valence-electron chi connectivity index (χ3n) is 4.88. The van der Waals surface area contributed by atoms with Crippen molar-refractivity contribution >= 4 is 0 Å². The van der Waals surface area contributed by atoms with Crippen molar-refractivity contribution in [2.75, 3.05) is 6.54 Å². The van der Waals surface area contributed by atoms with E-state index in [2.05, 4.69) is 19.2 Å². The molecule has 0 amide bonds. The minimum absolute atomic E-state index is 0.837. The molecule has 94 valence electrons. The zero-order chi connectivity index (χ0) is 11.4. The van der Waals surface area contributed by atoms with Crippen LogP contribution in [0.15, 0.2) is 0 Å². The van der Waals surface area contributed by atoms with E-state index in [0.29, 0.717) is 0 Å². The summed E-state index contributed by atoms with van der Waals surface area (Å²) in [7, 11) is 0. The van der Waals surface area contributed by atoms with E-state index in [4.69, 9.17) is 0 Å². The second kappa shape index (κ2) is 6.05. The van der Waals surface area contributed by atoms with Crippen molar-refractivity contribution in [1.29, 1.82) is 0 Å². The minimum Gasteiger partial charge on any atom is -0.314 e. The molecule has 0 heterocycles. The lowest BCUT2D eigenvalue weighted by molar-refractivity contribution is 0.280. The predicted molar refractivity (Wildman–Crippen MR) is 70.5 cm³/mol. The molecule has 2 unspecified atom stereocenters. The lowest BCUT2D eigenvalue weighted by Gasteiger charge is -2.28. The average molecular weight is 223 g/mol. The summed E-state index contributed by atoms with van der Waals surface area (Å²) in [5.74, 6) is 2.91. The highest BCUT2D eigenvalue weighted by molar-refractivity contribution is 4.79. The van der Waals surface area contributed by atoms with E-state index in [1.165, 1.54) is 57.9 Å². The van der Waals surface area contributed by atoms with E-state index in [1.807, 2.05) is 0 Å². The van der Waals surface area contributed by atoms with Crippen LogP contribution in [0.3, 0.4) is 0 Å². The van der Waals surface area contributed by atoms with Gasteiger partial charge in [0.25, 0.3) is 0 Å². The molecule has 0 aliphatic heterocycles. The lowest BCUT2D eigenvalue weighted by atomic mass is 9.85. The van der Waals surface area contributed by atoms with Crippen molar-refractivity contribution in [1.82, 2.24) is 5.32 Å². The third kappa shape index (κ3) is 3.48. The first kappa shape index (κ1) is 12.4. The van der Waals surface area contributed by atoms with Crippen LogP contribution in [0.5, 0.6) is 0 Å². The summed E-state index contributed by atoms with van der Waals surface area (Å²) in [4.78, 5) is 0. The molecule has 0 aromatic heterocycles. The summed E-state index contributed by atoms with van der Waals surface area (Å²) in [6.07, 6.45) is 11.7. The monoisotopic (exact) mass is 223 g/mol. The smallest absolute Gasteiger partial charge is 0.00672 e. The molecule has 2 aliphatic carbocycles. The van der Waals surface area contributed by atoms with Crippen LogP contribution in [0.25, 0.3) is 0 Å². The molecule has 2 fully saturated rings. The van der Waals surface area contributed by atoms with E-state index in [1.54, 1.807) is 0 Å². The molecular formula is C15H29N. The van der Waals surface area contributed by atoms with E-state index in [9.17, 15) is 0 Å². The molecule has 0 saturated heterocycles. The molecule has 2 atom stereocenters. The van der Waals surface area contributed by atoms with Gasteiger partial charge in [0.2, 0.25) is 0 Å². The predicted octanol–water partition coefficient (Wildman–Crippen LogP) is 3.98. The topological polar surface area (TPSA) is 12.0 Å². The Balaban J connectivity index is 1.66. The van der Waals surface area contributed by atoms with Crippen LogP contribution >= 0.6 is 0 Å². The Kier molecular flexibility index (Phi) is 4.69. The summed E-state index contributed by atoms with van der Waals surface area (Å²) in [5.41, 5.74) is 0. The normalized spacial score (nSPS) is 32.4. The van der Waals surface area contributed by atoms with Gasteiger partial charge in [-0.25, -0.2) is 0 Å².